The number of nitrogens with one attached hydrogen (secondary N) is 2. The van der Waals surface area contributed by atoms with Gasteiger partial charge in [-0.3, -0.25) is 0 Å². The smallest absolute Gasteiger partial charge is 0.333 e. The summed E-state index contributed by atoms with van der Waals surface area (Å²) in [5.41, 5.74) is 0.451. The van der Waals surface area contributed by atoms with Crippen molar-refractivity contribution in [3.63, 3.8) is 0 Å². The number of quaternary nitrogens is 2. The standard InChI is InChI=1S/C6H10O2.2C3H9N.C3H4O2.ClH/c1-4-8-6(7)5(2)3;2*1-4(2)3;1-2-3(4)5;/h2,4H2,1,3H3;2*1-3H3;2H,1H2,(H,4,5);1H. The van der Waals surface area contributed by atoms with E-state index in [4.69, 9.17) is 9.90 Å². The number of carboxylic acid groups (broad SMARTS) is 1. The van der Waals surface area contributed by atoms with Crippen LogP contribution in [-0.2, 0) is 14.3 Å². The van der Waals surface area contributed by atoms with Crippen molar-refractivity contribution in [2.75, 3.05) is 48.9 Å². The summed E-state index contributed by atoms with van der Waals surface area (Å²) in [6, 6.07) is 0. The molecular formula is C15H33ClN2O4. The van der Waals surface area contributed by atoms with Gasteiger partial charge in [0.15, 0.2) is 0 Å². The van der Waals surface area contributed by atoms with Crippen LogP contribution < -0.4 is 27.3 Å². The van der Waals surface area contributed by atoms with Gasteiger partial charge in [-0.1, -0.05) is 13.2 Å². The Morgan fingerprint density at radius 3 is 1.36 bits per heavy atom. The van der Waals surface area contributed by atoms with Gasteiger partial charge in [-0.2, -0.15) is 0 Å². The van der Waals surface area contributed by atoms with E-state index < -0.39 is 5.97 Å². The molecule has 0 aromatic heterocycles. The Balaban J connectivity index is -0.0000000606. The van der Waals surface area contributed by atoms with Gasteiger partial charge in [-0.15, -0.1) is 0 Å². The molecule has 0 spiro atoms. The maximum Gasteiger partial charge on any atom is 0.333 e. The van der Waals surface area contributed by atoms with Crippen molar-refractivity contribution >= 4 is 11.9 Å². The van der Waals surface area contributed by atoms with Crippen molar-refractivity contribution in [1.29, 1.82) is 0 Å². The Labute approximate surface area is 141 Å². The average Bonchev–Trinajstić information content (AvgIpc) is 2.28. The lowest BCUT2D eigenvalue weighted by atomic mass is 10.4. The van der Waals surface area contributed by atoms with Crippen molar-refractivity contribution in [2.45, 2.75) is 13.8 Å². The molecule has 22 heavy (non-hydrogen) atoms. The zero-order chi connectivity index (χ0) is 18.0. The van der Waals surface area contributed by atoms with Gasteiger partial charge in [-0.05, 0) is 19.9 Å². The Morgan fingerprint density at radius 2 is 1.32 bits per heavy atom. The van der Waals surface area contributed by atoms with Gasteiger partial charge in [0.05, 0.1) is 54.9 Å². The molecule has 0 aliphatic heterocycles. The summed E-state index contributed by atoms with van der Waals surface area (Å²) in [7, 11) is 12.5. The lowest BCUT2D eigenvalue weighted by Gasteiger charge is -1.96. The molecule has 0 amide bonds. The third-order valence-electron chi connectivity index (χ3n) is 0.791. The highest BCUT2D eigenvalue weighted by molar-refractivity contribution is 5.86. The number of carbonyl (C=O) groups is 2. The second-order valence-corrected chi connectivity index (χ2v) is 5.02. The first-order valence-corrected chi connectivity index (χ1v) is 6.61. The molecule has 0 fully saturated rings. The monoisotopic (exact) mass is 340 g/mol. The third kappa shape index (κ3) is 99.5. The molecule has 134 valence electrons. The molecule has 0 aromatic carbocycles. The molecule has 7 heteroatoms. The van der Waals surface area contributed by atoms with Gasteiger partial charge in [0.2, 0.25) is 0 Å². The number of carboxylic acids is 1. The van der Waals surface area contributed by atoms with Crippen LogP contribution in [0, 0.1) is 0 Å². The number of ether oxygens (including phenoxy) is 1. The van der Waals surface area contributed by atoms with Crippen LogP contribution in [0.15, 0.2) is 24.8 Å². The lowest BCUT2D eigenvalue weighted by Crippen LogP contribution is -3.02. The summed E-state index contributed by atoms with van der Waals surface area (Å²) in [4.78, 5) is 22.4. The fraction of sp³-hybridized carbons (Fsp3) is 0.600. The predicted octanol–water partition coefficient (Wildman–Crippen LogP) is -5.43. The molecule has 0 saturated heterocycles. The number of hydrogen-bond acceptors (Lipinski definition) is 4. The quantitative estimate of drug-likeness (QED) is 0.397. The number of rotatable bonds is 3. The molecule has 0 atom stereocenters. The van der Waals surface area contributed by atoms with E-state index in [0.29, 0.717) is 12.2 Å². The normalized spacial score (nSPS) is 7.73. The van der Waals surface area contributed by atoms with E-state index in [0.717, 1.165) is 6.08 Å². The molecule has 0 bridgehead atoms. The highest BCUT2D eigenvalue weighted by atomic mass is 35.5. The Hall–Kier alpha value is -1.37. The van der Waals surface area contributed by atoms with E-state index in [1.165, 1.54) is 9.80 Å². The first-order chi connectivity index (χ1) is 9.41. The van der Waals surface area contributed by atoms with Crippen molar-refractivity contribution in [3.05, 3.63) is 24.8 Å². The highest BCUT2D eigenvalue weighted by Crippen LogP contribution is 1.89. The SMILES string of the molecule is C=C(C)C(=O)OCC.C=CC(=O)[O-].C[NH+](C)C.C[NH+](C)C.[Cl-]. The van der Waals surface area contributed by atoms with E-state index in [-0.39, 0.29) is 18.4 Å². The number of halogens is 1. The molecule has 0 rings (SSSR count). The van der Waals surface area contributed by atoms with E-state index in [2.05, 4.69) is 60.2 Å². The van der Waals surface area contributed by atoms with Gasteiger partial charge >= 0.3 is 5.97 Å². The number of esters is 1. The van der Waals surface area contributed by atoms with Gasteiger partial charge in [0.25, 0.3) is 0 Å². The minimum absolute atomic E-state index is 0. The zero-order valence-corrected chi connectivity index (χ0v) is 16.0. The van der Waals surface area contributed by atoms with E-state index in [9.17, 15) is 4.79 Å². The summed E-state index contributed by atoms with van der Waals surface area (Å²) >= 11 is 0. The van der Waals surface area contributed by atoms with Crippen LogP contribution in [0.2, 0.25) is 0 Å². The zero-order valence-electron chi connectivity index (χ0n) is 15.2. The number of aliphatic carboxylic acids is 1. The minimum atomic E-state index is -1.23. The van der Waals surface area contributed by atoms with Gasteiger partial charge in [0.1, 0.15) is 0 Å². The highest BCUT2D eigenvalue weighted by Gasteiger charge is 1.98. The van der Waals surface area contributed by atoms with Crippen molar-refractivity contribution in [2.24, 2.45) is 0 Å². The molecule has 0 saturated carbocycles. The van der Waals surface area contributed by atoms with Crippen LogP contribution in [0.4, 0.5) is 0 Å². The maximum atomic E-state index is 10.4. The summed E-state index contributed by atoms with van der Waals surface area (Å²) < 4.78 is 4.56. The van der Waals surface area contributed by atoms with Crippen LogP contribution in [0.3, 0.4) is 0 Å². The fourth-order valence-electron chi connectivity index (χ4n) is 0.254. The van der Waals surface area contributed by atoms with Crippen LogP contribution >= 0.6 is 0 Å². The lowest BCUT2D eigenvalue weighted by molar-refractivity contribution is -0.836. The van der Waals surface area contributed by atoms with E-state index in [1.54, 1.807) is 13.8 Å². The van der Waals surface area contributed by atoms with E-state index in [1.807, 2.05) is 0 Å². The summed E-state index contributed by atoms with van der Waals surface area (Å²) in [6.45, 7) is 10.1. The van der Waals surface area contributed by atoms with Crippen molar-refractivity contribution in [1.82, 2.24) is 0 Å². The number of carbonyl (C=O) groups excluding carboxylic acids is 2. The molecule has 0 heterocycles. The van der Waals surface area contributed by atoms with Gasteiger partial charge < -0.3 is 36.8 Å². The van der Waals surface area contributed by atoms with Crippen LogP contribution in [0.1, 0.15) is 13.8 Å². The number of hydrogen-bond donors (Lipinski definition) is 2. The molecule has 0 aromatic rings. The van der Waals surface area contributed by atoms with Gasteiger partial charge in [-0.25, -0.2) is 4.79 Å². The molecule has 0 unspecified atom stereocenters. The summed E-state index contributed by atoms with van der Waals surface area (Å²) in [5.74, 6) is -1.54. The second-order valence-electron chi connectivity index (χ2n) is 5.02. The van der Waals surface area contributed by atoms with Crippen molar-refractivity contribution < 1.29 is 41.6 Å². The largest absolute Gasteiger partial charge is 1.00 e. The fourth-order valence-corrected chi connectivity index (χ4v) is 0.254. The molecule has 0 aliphatic carbocycles. The molecule has 6 nitrogen and oxygen atoms in total. The first kappa shape index (κ1) is 32.5. The van der Waals surface area contributed by atoms with Crippen LogP contribution in [0.5, 0.6) is 0 Å². The average molecular weight is 341 g/mol. The predicted molar refractivity (Wildman–Crippen MR) is 84.1 cm³/mol. The maximum absolute atomic E-state index is 10.4. The Bertz CT molecular complexity index is 282. The molecule has 0 aliphatic rings. The summed E-state index contributed by atoms with van der Waals surface area (Å²) in [5, 5.41) is 9.14. The van der Waals surface area contributed by atoms with Crippen molar-refractivity contribution in [3.8, 4) is 0 Å². The second kappa shape index (κ2) is 24.6. The Kier molecular flexibility index (Phi) is 36.4. The van der Waals surface area contributed by atoms with Crippen LogP contribution in [0.25, 0.3) is 0 Å². The molecule has 0 radical (unpaired) electrons. The van der Waals surface area contributed by atoms with Crippen LogP contribution in [-0.4, -0.2) is 60.8 Å². The molecule has 2 N–H and O–H groups in total. The van der Waals surface area contributed by atoms with E-state index >= 15 is 0 Å². The van der Waals surface area contributed by atoms with Gasteiger partial charge in [0, 0.05) is 5.57 Å². The summed E-state index contributed by atoms with van der Waals surface area (Å²) in [6.07, 6.45) is 0.722. The topological polar surface area (TPSA) is 75.3 Å². The minimum Gasteiger partial charge on any atom is -1.00 e. The molecular weight excluding hydrogens is 308 g/mol. The Morgan fingerprint density at radius 1 is 1.09 bits per heavy atom. The first-order valence-electron chi connectivity index (χ1n) is 6.61. The third-order valence-corrected chi connectivity index (χ3v) is 0.791.